The Hall–Kier alpha value is -1.98. The van der Waals surface area contributed by atoms with Crippen molar-refractivity contribution in [3.05, 3.63) is 62.3 Å². The number of hydrogen-bond donors (Lipinski definition) is 0. The number of morpholine rings is 1. The van der Waals surface area contributed by atoms with Crippen LogP contribution < -0.4 is 0 Å². The molecule has 4 nitrogen and oxygen atoms in total. The lowest BCUT2D eigenvalue weighted by Gasteiger charge is -2.33. The highest BCUT2D eigenvalue weighted by Gasteiger charge is 2.31. The van der Waals surface area contributed by atoms with E-state index in [2.05, 4.69) is 44.0 Å². The number of aliphatic imine (C=N–C) groups is 1. The van der Waals surface area contributed by atoms with E-state index in [1.165, 1.54) is 27.8 Å². The van der Waals surface area contributed by atoms with E-state index < -0.39 is 0 Å². The first-order valence-electron chi connectivity index (χ1n) is 9.04. The monoisotopic (exact) mass is 410 g/mol. The van der Waals surface area contributed by atoms with E-state index in [9.17, 15) is 4.79 Å². The van der Waals surface area contributed by atoms with Gasteiger partial charge in [0.2, 0.25) is 0 Å². The summed E-state index contributed by atoms with van der Waals surface area (Å²) in [5.74, 6) is 0.170. The minimum absolute atomic E-state index is 0.170. The Morgan fingerprint density at radius 3 is 2.85 bits per heavy atom. The number of carbonyl (C=O) groups is 1. The number of ether oxygens (including phenoxy) is 1. The fourth-order valence-electron chi connectivity index (χ4n) is 4.29. The number of ketones is 1. The van der Waals surface area contributed by atoms with Crippen molar-refractivity contribution in [1.29, 1.82) is 0 Å². The van der Waals surface area contributed by atoms with Gasteiger partial charge in [-0.1, -0.05) is 28.1 Å². The molecule has 26 heavy (non-hydrogen) atoms. The predicted octanol–water partition coefficient (Wildman–Crippen LogP) is 3.65. The van der Waals surface area contributed by atoms with Gasteiger partial charge >= 0.3 is 0 Å². The van der Waals surface area contributed by atoms with Crippen LogP contribution in [0.15, 0.2) is 50.6 Å². The highest BCUT2D eigenvalue weighted by Crippen LogP contribution is 2.43. The summed E-state index contributed by atoms with van der Waals surface area (Å²) in [6.45, 7) is 3.91. The van der Waals surface area contributed by atoms with E-state index in [4.69, 9.17) is 4.74 Å². The van der Waals surface area contributed by atoms with Gasteiger partial charge in [0.1, 0.15) is 0 Å². The molecule has 1 aromatic rings. The first-order valence-corrected chi connectivity index (χ1v) is 9.83. The van der Waals surface area contributed by atoms with Crippen molar-refractivity contribution < 1.29 is 9.53 Å². The van der Waals surface area contributed by atoms with Crippen molar-refractivity contribution in [2.75, 3.05) is 26.3 Å². The van der Waals surface area contributed by atoms with Crippen LogP contribution in [0.5, 0.6) is 0 Å². The Balaban J connectivity index is 1.50. The minimum atomic E-state index is 0.170. The van der Waals surface area contributed by atoms with E-state index >= 15 is 0 Å². The van der Waals surface area contributed by atoms with Crippen LogP contribution in [0.4, 0.5) is 0 Å². The number of nitrogens with zero attached hydrogens (tertiary/aromatic N) is 2. The van der Waals surface area contributed by atoms with Crippen molar-refractivity contribution >= 4 is 33.5 Å². The molecule has 1 saturated heterocycles. The van der Waals surface area contributed by atoms with Gasteiger partial charge in [0, 0.05) is 53.1 Å². The summed E-state index contributed by atoms with van der Waals surface area (Å²) < 4.78 is 6.54. The van der Waals surface area contributed by atoms with E-state index in [1.54, 1.807) is 0 Å². The molecule has 0 spiro atoms. The number of rotatable bonds is 2. The third-order valence-corrected chi connectivity index (χ3v) is 6.33. The molecule has 1 fully saturated rings. The third kappa shape index (κ3) is 2.53. The van der Waals surface area contributed by atoms with Gasteiger partial charge < -0.3 is 9.64 Å². The maximum Gasteiger partial charge on any atom is 0.184 e. The molecule has 5 rings (SSSR count). The molecule has 0 radical (unpaired) electrons. The van der Waals surface area contributed by atoms with E-state index in [1.807, 2.05) is 12.3 Å². The largest absolute Gasteiger partial charge is 0.378 e. The quantitative estimate of drug-likeness (QED) is 0.746. The second-order valence-corrected chi connectivity index (χ2v) is 7.87. The van der Waals surface area contributed by atoms with Gasteiger partial charge in [0.15, 0.2) is 5.78 Å². The number of allylic oxidation sites excluding steroid dienone is 5. The van der Waals surface area contributed by atoms with Crippen LogP contribution in [-0.2, 0) is 16.1 Å². The highest BCUT2D eigenvalue weighted by atomic mass is 79.9. The molecule has 0 unspecified atom stereocenters. The Labute approximate surface area is 161 Å². The average Bonchev–Trinajstić information content (AvgIpc) is 3.31. The lowest BCUT2D eigenvalue weighted by Crippen LogP contribution is -2.36. The summed E-state index contributed by atoms with van der Waals surface area (Å²) in [7, 11) is 0. The predicted molar refractivity (Wildman–Crippen MR) is 105 cm³/mol. The molecule has 5 heteroatoms. The molecule has 0 N–H and O–H groups in total. The van der Waals surface area contributed by atoms with Crippen LogP contribution in [-0.4, -0.2) is 43.2 Å². The van der Waals surface area contributed by atoms with Gasteiger partial charge in [0.25, 0.3) is 0 Å². The zero-order chi connectivity index (χ0) is 17.7. The number of hydrogen-bond acceptors (Lipinski definition) is 4. The minimum Gasteiger partial charge on any atom is -0.378 e. The van der Waals surface area contributed by atoms with Crippen LogP contribution in [0.3, 0.4) is 0 Å². The summed E-state index contributed by atoms with van der Waals surface area (Å²) in [5, 5.41) is 0. The topological polar surface area (TPSA) is 41.9 Å². The molecular weight excluding hydrogens is 392 g/mol. The van der Waals surface area contributed by atoms with Crippen molar-refractivity contribution in [3.8, 4) is 0 Å². The molecule has 2 aliphatic carbocycles. The first-order chi connectivity index (χ1) is 12.7. The summed E-state index contributed by atoms with van der Waals surface area (Å²) in [5.41, 5.74) is 8.18. The molecule has 1 aromatic carbocycles. The molecule has 2 aliphatic heterocycles. The molecule has 2 heterocycles. The second kappa shape index (κ2) is 6.32. The number of halogens is 1. The maximum absolute atomic E-state index is 12.7. The zero-order valence-corrected chi connectivity index (χ0v) is 16.0. The van der Waals surface area contributed by atoms with Crippen LogP contribution in [0.25, 0.3) is 5.57 Å². The van der Waals surface area contributed by atoms with E-state index in [0.29, 0.717) is 6.54 Å². The molecule has 0 aromatic heterocycles. The standard InChI is InChI=1S/C21H19BrN2O2/c22-20-4-3-15(18-11-23-12-19(18)20)14-1-2-16-17(14)9-13(10-21(16)25)24-5-7-26-8-6-24/h1,3-4,10,12H,2,5-9,11H2. The molecule has 0 saturated carbocycles. The van der Waals surface area contributed by atoms with Crippen LogP contribution in [0.1, 0.15) is 29.5 Å². The van der Waals surface area contributed by atoms with Crippen LogP contribution in [0.2, 0.25) is 0 Å². The zero-order valence-electron chi connectivity index (χ0n) is 14.4. The summed E-state index contributed by atoms with van der Waals surface area (Å²) >= 11 is 3.63. The molecular formula is C21H19BrN2O2. The van der Waals surface area contributed by atoms with Crippen molar-refractivity contribution in [3.63, 3.8) is 0 Å². The molecule has 4 aliphatic rings. The van der Waals surface area contributed by atoms with Crippen LogP contribution in [0, 0.1) is 0 Å². The molecule has 0 bridgehead atoms. The Bertz CT molecular complexity index is 934. The van der Waals surface area contributed by atoms with Gasteiger partial charge in [-0.3, -0.25) is 9.79 Å². The Morgan fingerprint density at radius 2 is 2.00 bits per heavy atom. The second-order valence-electron chi connectivity index (χ2n) is 7.01. The average molecular weight is 411 g/mol. The maximum atomic E-state index is 12.7. The summed E-state index contributed by atoms with van der Waals surface area (Å²) in [6.07, 6.45) is 7.58. The SMILES string of the molecule is O=C1C=C(N2CCOCC2)CC2=C1CC=C2c1ccc(Br)c2c1CN=C2. The normalized spacial score (nSPS) is 21.7. The van der Waals surface area contributed by atoms with E-state index in [0.717, 1.165) is 54.9 Å². The fraction of sp³-hybridized carbons (Fsp3) is 0.333. The lowest BCUT2D eigenvalue weighted by molar-refractivity contribution is -0.111. The molecule has 0 amide bonds. The number of fused-ring (bicyclic) bond motifs is 1. The van der Waals surface area contributed by atoms with E-state index in [-0.39, 0.29) is 5.78 Å². The highest BCUT2D eigenvalue weighted by molar-refractivity contribution is 9.10. The van der Waals surface area contributed by atoms with Crippen molar-refractivity contribution in [1.82, 2.24) is 4.90 Å². The van der Waals surface area contributed by atoms with Gasteiger partial charge in [-0.2, -0.15) is 0 Å². The molecule has 0 atom stereocenters. The van der Waals surface area contributed by atoms with Crippen molar-refractivity contribution in [2.24, 2.45) is 4.99 Å². The third-order valence-electron chi connectivity index (χ3n) is 5.63. The Kier molecular flexibility index (Phi) is 3.94. The Morgan fingerprint density at radius 1 is 1.15 bits per heavy atom. The smallest absolute Gasteiger partial charge is 0.184 e. The molecule has 132 valence electrons. The number of benzene rings is 1. The first kappa shape index (κ1) is 16.2. The van der Waals surface area contributed by atoms with Gasteiger partial charge in [-0.25, -0.2) is 0 Å². The lowest BCUT2D eigenvalue weighted by atomic mass is 9.87. The fourth-order valence-corrected chi connectivity index (χ4v) is 4.76. The van der Waals surface area contributed by atoms with Crippen molar-refractivity contribution in [2.45, 2.75) is 19.4 Å². The van der Waals surface area contributed by atoms with Gasteiger partial charge in [0.05, 0.1) is 19.8 Å². The van der Waals surface area contributed by atoms with Crippen LogP contribution >= 0.6 is 15.9 Å². The number of carbonyl (C=O) groups excluding carboxylic acids is 1. The summed E-state index contributed by atoms with van der Waals surface area (Å²) in [6, 6.07) is 4.25. The van der Waals surface area contributed by atoms with Gasteiger partial charge in [-0.05, 0) is 34.8 Å². The van der Waals surface area contributed by atoms with Gasteiger partial charge in [-0.15, -0.1) is 0 Å². The summed E-state index contributed by atoms with van der Waals surface area (Å²) in [4.78, 5) is 19.5.